The first kappa shape index (κ1) is 10.3. The third kappa shape index (κ3) is 2.92. The van der Waals surface area contributed by atoms with Crippen molar-refractivity contribution in [2.45, 2.75) is 25.7 Å². The molecule has 1 rings (SSSR count). The van der Waals surface area contributed by atoms with Gasteiger partial charge in [0.1, 0.15) is 0 Å². The van der Waals surface area contributed by atoms with Crippen molar-refractivity contribution in [1.29, 1.82) is 0 Å². The summed E-state index contributed by atoms with van der Waals surface area (Å²) in [6.07, 6.45) is 3.89. The molecule has 0 N–H and O–H groups in total. The monoisotopic (exact) mass is 210 g/mol. The molecule has 2 nitrogen and oxygen atoms in total. The van der Waals surface area contributed by atoms with Gasteiger partial charge in [-0.05, 0) is 36.8 Å². The number of halogens is 2. The van der Waals surface area contributed by atoms with Gasteiger partial charge in [-0.25, -0.2) is 0 Å². The predicted molar refractivity (Wildman–Crippen MR) is 48.1 cm³/mol. The Morgan fingerprint density at radius 1 is 1.50 bits per heavy atom. The zero-order chi connectivity index (χ0) is 8.97. The average Bonchev–Trinajstić information content (AvgIpc) is 2.05. The summed E-state index contributed by atoms with van der Waals surface area (Å²) in [5.74, 6) is 0.432. The summed E-state index contributed by atoms with van der Waals surface area (Å²) in [5.41, 5.74) is 0. The van der Waals surface area contributed by atoms with Crippen LogP contribution in [0.4, 0.5) is 0 Å². The van der Waals surface area contributed by atoms with Gasteiger partial charge >= 0.3 is 0 Å². The van der Waals surface area contributed by atoms with Gasteiger partial charge < -0.3 is 0 Å². The minimum atomic E-state index is -0.214. The topological polar surface area (TPSA) is 26.3 Å². The lowest BCUT2D eigenvalue weighted by Gasteiger charge is -2.25. The van der Waals surface area contributed by atoms with E-state index in [0.29, 0.717) is 12.5 Å². The molecule has 70 valence electrons. The Morgan fingerprint density at radius 2 is 2.25 bits per heavy atom. The number of hydrogen-bond donors (Lipinski definition) is 0. The van der Waals surface area contributed by atoms with Gasteiger partial charge in [0, 0.05) is 5.92 Å². The van der Waals surface area contributed by atoms with Gasteiger partial charge in [-0.2, -0.15) is 0 Å². The van der Waals surface area contributed by atoms with E-state index in [1.807, 2.05) is 0 Å². The number of rotatable bonds is 3. The highest BCUT2D eigenvalue weighted by atomic mass is 35.5. The fourth-order valence-corrected chi connectivity index (χ4v) is 2.11. The molecule has 1 aliphatic rings. The van der Waals surface area contributed by atoms with E-state index < -0.39 is 0 Å². The molecule has 0 aromatic rings. The van der Waals surface area contributed by atoms with Crippen LogP contribution in [-0.2, 0) is 9.08 Å². The second-order valence-corrected chi connectivity index (χ2v) is 3.90. The maximum absolute atomic E-state index is 10.8. The molecular formula is C8H12Cl2O2. The molecule has 1 saturated carbocycles. The van der Waals surface area contributed by atoms with Crippen LogP contribution in [0, 0.1) is 11.8 Å². The average molecular weight is 211 g/mol. The third-order valence-corrected chi connectivity index (χ3v) is 2.84. The van der Waals surface area contributed by atoms with Gasteiger partial charge in [-0.3, -0.25) is 9.08 Å². The summed E-state index contributed by atoms with van der Waals surface area (Å²) in [7, 11) is 0. The molecule has 4 heteroatoms. The zero-order valence-electron chi connectivity index (χ0n) is 6.76. The SMILES string of the molecule is O=C(Cl)C1CCCC(COCl)C1. The van der Waals surface area contributed by atoms with Crippen molar-refractivity contribution in [3.05, 3.63) is 0 Å². The van der Waals surface area contributed by atoms with Crippen molar-refractivity contribution in [1.82, 2.24) is 0 Å². The molecule has 2 unspecified atom stereocenters. The second kappa shape index (κ2) is 5.05. The zero-order valence-corrected chi connectivity index (χ0v) is 8.27. The second-order valence-electron chi connectivity index (χ2n) is 3.31. The first-order chi connectivity index (χ1) is 5.74. The molecule has 0 saturated heterocycles. The van der Waals surface area contributed by atoms with E-state index in [1.165, 1.54) is 0 Å². The molecule has 0 aliphatic heterocycles. The van der Waals surface area contributed by atoms with E-state index in [0.717, 1.165) is 25.7 Å². The molecule has 0 amide bonds. The summed E-state index contributed by atoms with van der Waals surface area (Å²) in [5, 5.41) is -0.214. The van der Waals surface area contributed by atoms with Gasteiger partial charge in [0.2, 0.25) is 5.24 Å². The van der Waals surface area contributed by atoms with E-state index in [2.05, 4.69) is 4.29 Å². The van der Waals surface area contributed by atoms with Crippen molar-refractivity contribution < 1.29 is 9.08 Å². The Morgan fingerprint density at radius 3 is 2.83 bits per heavy atom. The van der Waals surface area contributed by atoms with E-state index in [-0.39, 0.29) is 11.2 Å². The standard InChI is InChI=1S/C8H12Cl2O2/c9-8(11)7-3-1-2-6(4-7)5-12-10/h6-7H,1-5H2. The minimum Gasteiger partial charge on any atom is -0.281 e. The fraction of sp³-hybridized carbons (Fsp3) is 0.875. The largest absolute Gasteiger partial charge is 0.281 e. The summed E-state index contributed by atoms with van der Waals surface area (Å²) in [6.45, 7) is 0.530. The molecule has 1 aliphatic carbocycles. The molecule has 12 heavy (non-hydrogen) atoms. The summed E-state index contributed by atoms with van der Waals surface area (Å²) in [6, 6.07) is 0. The highest BCUT2D eigenvalue weighted by Crippen LogP contribution is 2.30. The fourth-order valence-electron chi connectivity index (χ4n) is 1.74. The molecule has 2 atom stereocenters. The van der Waals surface area contributed by atoms with Crippen molar-refractivity contribution in [2.24, 2.45) is 11.8 Å². The van der Waals surface area contributed by atoms with Crippen LogP contribution < -0.4 is 0 Å². The van der Waals surface area contributed by atoms with Gasteiger partial charge in [0.05, 0.1) is 18.5 Å². The Bertz CT molecular complexity index is 159. The molecule has 0 aromatic heterocycles. The predicted octanol–water partition coefficient (Wildman–Crippen LogP) is 2.73. The molecular weight excluding hydrogens is 199 g/mol. The Balaban J connectivity index is 2.35. The first-order valence-electron chi connectivity index (χ1n) is 4.17. The molecule has 0 spiro atoms. The van der Waals surface area contributed by atoms with Crippen LogP contribution in [0.5, 0.6) is 0 Å². The van der Waals surface area contributed by atoms with E-state index >= 15 is 0 Å². The first-order valence-corrected chi connectivity index (χ1v) is 4.85. The van der Waals surface area contributed by atoms with Crippen LogP contribution in [0.25, 0.3) is 0 Å². The Kier molecular flexibility index (Phi) is 4.33. The van der Waals surface area contributed by atoms with Crippen LogP contribution >= 0.6 is 23.5 Å². The highest BCUT2D eigenvalue weighted by molar-refractivity contribution is 6.63. The number of hydrogen-bond acceptors (Lipinski definition) is 2. The number of carbonyl (C=O) groups excluding carboxylic acids is 1. The lowest BCUT2D eigenvalue weighted by molar-refractivity contribution is -0.116. The lowest BCUT2D eigenvalue weighted by Crippen LogP contribution is -2.22. The maximum atomic E-state index is 10.8. The lowest BCUT2D eigenvalue weighted by atomic mass is 9.82. The molecule has 0 bridgehead atoms. The van der Waals surface area contributed by atoms with Crippen LogP contribution in [0.3, 0.4) is 0 Å². The maximum Gasteiger partial charge on any atom is 0.224 e. The summed E-state index contributed by atoms with van der Waals surface area (Å²) in [4.78, 5) is 10.8. The molecule has 1 fully saturated rings. The van der Waals surface area contributed by atoms with E-state index in [9.17, 15) is 4.79 Å². The Hall–Kier alpha value is 0.210. The van der Waals surface area contributed by atoms with Gasteiger partial charge in [-0.15, -0.1) is 0 Å². The number of carbonyl (C=O) groups is 1. The van der Waals surface area contributed by atoms with E-state index in [4.69, 9.17) is 23.5 Å². The van der Waals surface area contributed by atoms with Crippen molar-refractivity contribution in [2.75, 3.05) is 6.61 Å². The quantitative estimate of drug-likeness (QED) is 0.671. The van der Waals surface area contributed by atoms with Gasteiger partial charge in [0.25, 0.3) is 0 Å². The molecule has 0 aromatic carbocycles. The normalized spacial score (nSPS) is 30.2. The highest BCUT2D eigenvalue weighted by Gasteiger charge is 2.25. The van der Waals surface area contributed by atoms with Gasteiger partial charge in [0.15, 0.2) is 0 Å². The summed E-state index contributed by atoms with van der Waals surface area (Å²) >= 11 is 10.6. The van der Waals surface area contributed by atoms with Crippen LogP contribution in [0.2, 0.25) is 0 Å². The van der Waals surface area contributed by atoms with Crippen LogP contribution in [-0.4, -0.2) is 11.8 Å². The van der Waals surface area contributed by atoms with Crippen molar-refractivity contribution in [3.8, 4) is 0 Å². The minimum absolute atomic E-state index is 0.0252. The summed E-state index contributed by atoms with van der Waals surface area (Å²) < 4.78 is 4.53. The van der Waals surface area contributed by atoms with Crippen LogP contribution in [0.1, 0.15) is 25.7 Å². The van der Waals surface area contributed by atoms with Crippen molar-refractivity contribution in [3.63, 3.8) is 0 Å². The van der Waals surface area contributed by atoms with Crippen LogP contribution in [0.15, 0.2) is 0 Å². The Labute approximate surface area is 82.3 Å². The molecule has 0 heterocycles. The van der Waals surface area contributed by atoms with Crippen molar-refractivity contribution >= 4 is 28.7 Å². The third-order valence-electron chi connectivity index (χ3n) is 2.40. The molecule has 0 radical (unpaired) electrons. The van der Waals surface area contributed by atoms with E-state index in [1.54, 1.807) is 0 Å². The van der Waals surface area contributed by atoms with Gasteiger partial charge in [-0.1, -0.05) is 6.42 Å². The smallest absolute Gasteiger partial charge is 0.224 e.